The maximum absolute atomic E-state index is 5.06. The number of para-hydroxylation sites is 2. The predicted octanol–water partition coefficient (Wildman–Crippen LogP) is 12.0. The number of rotatable bonds is 5. The first-order chi connectivity index (χ1) is 23.3. The van der Waals surface area contributed by atoms with Crippen LogP contribution >= 0.6 is 0 Å². The van der Waals surface area contributed by atoms with Crippen LogP contribution in [0.25, 0.3) is 83.0 Å². The molecule has 220 valence electrons. The van der Waals surface area contributed by atoms with Crippen LogP contribution < -0.4 is 0 Å². The van der Waals surface area contributed by atoms with Crippen LogP contribution in [0.3, 0.4) is 0 Å². The fourth-order valence-electron chi connectivity index (χ4n) is 7.06. The van der Waals surface area contributed by atoms with Crippen molar-refractivity contribution in [2.45, 2.75) is 0 Å². The van der Waals surface area contributed by atoms with Gasteiger partial charge >= 0.3 is 0 Å². The minimum atomic E-state index is 0.940. The molecule has 1 heterocycles. The Hall–Kier alpha value is -6.25. The molecule has 0 fully saturated rings. The number of aromatic nitrogens is 2. The number of hydrogen-bond donors (Lipinski definition) is 0. The maximum Gasteiger partial charge on any atom is 0.145 e. The van der Waals surface area contributed by atoms with Crippen molar-refractivity contribution in [3.8, 4) is 50.5 Å². The zero-order chi connectivity index (χ0) is 31.2. The molecule has 0 aliphatic rings. The van der Waals surface area contributed by atoms with Crippen LogP contribution in [0.1, 0.15) is 0 Å². The molecule has 2 heteroatoms. The minimum Gasteiger partial charge on any atom is -0.292 e. The van der Waals surface area contributed by atoms with Gasteiger partial charge in [-0.25, -0.2) is 4.98 Å². The van der Waals surface area contributed by atoms with Crippen molar-refractivity contribution in [1.29, 1.82) is 0 Å². The first-order valence-corrected chi connectivity index (χ1v) is 16.1. The van der Waals surface area contributed by atoms with E-state index < -0.39 is 0 Å². The van der Waals surface area contributed by atoms with E-state index in [1.807, 2.05) is 6.07 Å². The van der Waals surface area contributed by atoms with Gasteiger partial charge < -0.3 is 0 Å². The molecule has 1 aromatic heterocycles. The van der Waals surface area contributed by atoms with E-state index in [4.69, 9.17) is 4.98 Å². The maximum atomic E-state index is 5.06. The summed E-state index contributed by atoms with van der Waals surface area (Å²) in [5.74, 6) is 0.940. The summed E-state index contributed by atoms with van der Waals surface area (Å²) in [4.78, 5) is 5.06. The highest BCUT2D eigenvalue weighted by atomic mass is 15.1. The highest BCUT2D eigenvalue weighted by molar-refractivity contribution is 6.22. The van der Waals surface area contributed by atoms with Crippen molar-refractivity contribution < 1.29 is 0 Å². The van der Waals surface area contributed by atoms with Gasteiger partial charge in [0.1, 0.15) is 5.82 Å². The third kappa shape index (κ3) is 4.62. The summed E-state index contributed by atoms with van der Waals surface area (Å²) in [7, 11) is 0. The molecule has 0 bridgehead atoms. The van der Waals surface area contributed by atoms with Gasteiger partial charge in [-0.05, 0) is 85.3 Å². The molecule has 0 N–H and O–H groups in total. The molecule has 8 aromatic carbocycles. The summed E-state index contributed by atoms with van der Waals surface area (Å²) >= 11 is 0. The van der Waals surface area contributed by atoms with Gasteiger partial charge in [-0.15, -0.1) is 0 Å². The Labute approximate surface area is 273 Å². The van der Waals surface area contributed by atoms with E-state index in [1.54, 1.807) is 0 Å². The average Bonchev–Trinajstić information content (AvgIpc) is 3.54. The van der Waals surface area contributed by atoms with Crippen LogP contribution in [0.5, 0.6) is 0 Å². The van der Waals surface area contributed by atoms with Gasteiger partial charge in [-0.2, -0.15) is 0 Å². The topological polar surface area (TPSA) is 17.8 Å². The summed E-state index contributed by atoms with van der Waals surface area (Å²) in [6.07, 6.45) is 0. The Kier molecular flexibility index (Phi) is 6.50. The Morgan fingerprint density at radius 2 is 0.830 bits per heavy atom. The molecule has 0 atom stereocenters. The molecule has 2 nitrogen and oxygen atoms in total. The van der Waals surface area contributed by atoms with Gasteiger partial charge in [-0.3, -0.25) is 4.57 Å². The lowest BCUT2D eigenvalue weighted by Gasteiger charge is -2.19. The van der Waals surface area contributed by atoms with Gasteiger partial charge in [0.2, 0.25) is 0 Å². The quantitative estimate of drug-likeness (QED) is 0.180. The van der Waals surface area contributed by atoms with E-state index in [0.29, 0.717) is 0 Å². The fourth-order valence-corrected chi connectivity index (χ4v) is 7.06. The second kappa shape index (κ2) is 11.3. The first kappa shape index (κ1) is 27.1. The summed E-state index contributed by atoms with van der Waals surface area (Å²) < 4.78 is 2.27. The summed E-state index contributed by atoms with van der Waals surface area (Å²) in [5, 5.41) is 5.00. The van der Waals surface area contributed by atoms with Gasteiger partial charge in [0.05, 0.1) is 11.0 Å². The third-order valence-corrected chi connectivity index (χ3v) is 9.20. The molecule has 0 amide bonds. The molecule has 9 aromatic rings. The first-order valence-electron chi connectivity index (χ1n) is 16.1. The summed E-state index contributed by atoms with van der Waals surface area (Å²) in [6, 6.07) is 65.1. The van der Waals surface area contributed by atoms with Gasteiger partial charge in [0.15, 0.2) is 0 Å². The lowest BCUT2D eigenvalue weighted by Crippen LogP contribution is -1.98. The molecule has 9 rings (SSSR count). The number of fused-ring (bicyclic) bond motifs is 3. The van der Waals surface area contributed by atoms with Crippen molar-refractivity contribution in [3.05, 3.63) is 182 Å². The molecule has 0 aliphatic heterocycles. The number of benzene rings is 8. The molecule has 47 heavy (non-hydrogen) atoms. The monoisotopic (exact) mass is 598 g/mol. The van der Waals surface area contributed by atoms with E-state index in [0.717, 1.165) is 28.1 Å². The van der Waals surface area contributed by atoms with Crippen LogP contribution in [0.4, 0.5) is 0 Å². The van der Waals surface area contributed by atoms with Crippen LogP contribution in [0.15, 0.2) is 182 Å². The predicted molar refractivity (Wildman–Crippen MR) is 198 cm³/mol. The largest absolute Gasteiger partial charge is 0.292 e. The summed E-state index contributed by atoms with van der Waals surface area (Å²) in [6.45, 7) is 0. The van der Waals surface area contributed by atoms with E-state index >= 15 is 0 Å². The number of nitrogens with zero attached hydrogens (tertiary/aromatic N) is 2. The number of imidazole rings is 1. The standard InChI is InChI=1S/C45H30N2/c1-4-14-31(15-5-1)35-26-29-39-40(30-35)44(38-21-11-10-20-37(38)43(39)32-16-6-2-7-17-32)33-24-27-36(28-25-33)47-42-23-13-12-22-41(42)46-45(47)34-18-8-3-9-19-34/h1-30H. The molecule has 0 unspecified atom stereocenters. The normalized spacial score (nSPS) is 11.4. The van der Waals surface area contributed by atoms with E-state index in [1.165, 1.54) is 54.9 Å². The molecule has 0 saturated carbocycles. The third-order valence-electron chi connectivity index (χ3n) is 9.20. The molecular weight excluding hydrogens is 569 g/mol. The van der Waals surface area contributed by atoms with E-state index in [-0.39, 0.29) is 0 Å². The minimum absolute atomic E-state index is 0.940. The zero-order valence-electron chi connectivity index (χ0n) is 25.7. The van der Waals surface area contributed by atoms with Crippen LogP contribution in [-0.2, 0) is 0 Å². The van der Waals surface area contributed by atoms with Crippen molar-refractivity contribution in [1.82, 2.24) is 9.55 Å². The van der Waals surface area contributed by atoms with Gasteiger partial charge in [0.25, 0.3) is 0 Å². The lowest BCUT2D eigenvalue weighted by molar-refractivity contribution is 1.10. The zero-order valence-corrected chi connectivity index (χ0v) is 25.7. The lowest BCUT2D eigenvalue weighted by atomic mass is 9.85. The molecular formula is C45H30N2. The Morgan fingerprint density at radius 1 is 0.340 bits per heavy atom. The highest BCUT2D eigenvalue weighted by Gasteiger charge is 2.19. The number of hydrogen-bond acceptors (Lipinski definition) is 1. The Morgan fingerprint density at radius 3 is 1.51 bits per heavy atom. The van der Waals surface area contributed by atoms with Gasteiger partial charge in [-0.1, -0.05) is 152 Å². The summed E-state index contributed by atoms with van der Waals surface area (Å²) in [5.41, 5.74) is 11.6. The van der Waals surface area contributed by atoms with Crippen molar-refractivity contribution in [2.75, 3.05) is 0 Å². The second-order valence-electron chi connectivity index (χ2n) is 12.0. The molecule has 0 spiro atoms. The van der Waals surface area contributed by atoms with E-state index in [9.17, 15) is 0 Å². The Bertz CT molecular complexity index is 2530. The van der Waals surface area contributed by atoms with Gasteiger partial charge in [0, 0.05) is 11.3 Å². The van der Waals surface area contributed by atoms with E-state index in [2.05, 4.69) is 180 Å². The van der Waals surface area contributed by atoms with Crippen molar-refractivity contribution >= 4 is 32.6 Å². The fraction of sp³-hybridized carbons (Fsp3) is 0. The Balaban J connectivity index is 1.30. The van der Waals surface area contributed by atoms with Crippen LogP contribution in [-0.4, -0.2) is 9.55 Å². The average molecular weight is 599 g/mol. The highest BCUT2D eigenvalue weighted by Crippen LogP contribution is 2.45. The molecule has 0 aliphatic carbocycles. The molecule has 0 radical (unpaired) electrons. The molecule has 0 saturated heterocycles. The van der Waals surface area contributed by atoms with Crippen molar-refractivity contribution in [3.63, 3.8) is 0 Å². The SMILES string of the molecule is c1ccc(-c2ccc3c(-c4ccccc4)c4ccccc4c(-c4ccc(-n5c(-c6ccccc6)nc6ccccc65)cc4)c3c2)cc1. The smallest absolute Gasteiger partial charge is 0.145 e. The second-order valence-corrected chi connectivity index (χ2v) is 12.0. The van der Waals surface area contributed by atoms with Crippen LogP contribution in [0.2, 0.25) is 0 Å². The van der Waals surface area contributed by atoms with Crippen molar-refractivity contribution in [2.24, 2.45) is 0 Å². The van der Waals surface area contributed by atoms with Crippen LogP contribution in [0, 0.1) is 0 Å².